The summed E-state index contributed by atoms with van der Waals surface area (Å²) in [5, 5.41) is 0.622. The van der Waals surface area contributed by atoms with Crippen LogP contribution in [0, 0.1) is 5.92 Å². The van der Waals surface area contributed by atoms with E-state index in [4.69, 9.17) is 34.3 Å². The van der Waals surface area contributed by atoms with Crippen LogP contribution >= 0.6 is 23.8 Å². The first-order valence-electron chi connectivity index (χ1n) is 5.95. The Morgan fingerprint density at radius 2 is 2.32 bits per heavy atom. The second-order valence-electron chi connectivity index (χ2n) is 4.48. The molecule has 0 radical (unpaired) electrons. The molecule has 0 aliphatic carbocycles. The number of halogens is 1. The highest BCUT2D eigenvalue weighted by molar-refractivity contribution is 7.80. The summed E-state index contributed by atoms with van der Waals surface area (Å²) in [5.74, 6) is -0.287. The average Bonchev–Trinajstić information content (AvgIpc) is 2.86. The maximum absolute atomic E-state index is 11.6. The van der Waals surface area contributed by atoms with Gasteiger partial charge in [0.25, 0.3) is 0 Å². The van der Waals surface area contributed by atoms with Crippen molar-refractivity contribution in [3.63, 3.8) is 0 Å². The molecule has 1 fully saturated rings. The highest BCUT2D eigenvalue weighted by Gasteiger charge is 2.30. The van der Waals surface area contributed by atoms with E-state index >= 15 is 0 Å². The van der Waals surface area contributed by atoms with Gasteiger partial charge in [-0.25, -0.2) is 0 Å². The van der Waals surface area contributed by atoms with Gasteiger partial charge in [0, 0.05) is 29.4 Å². The zero-order valence-corrected chi connectivity index (χ0v) is 12.1. The number of benzene rings is 1. The molecule has 4 nitrogen and oxygen atoms in total. The third kappa shape index (κ3) is 2.98. The van der Waals surface area contributed by atoms with Crippen molar-refractivity contribution in [3.05, 3.63) is 28.8 Å². The van der Waals surface area contributed by atoms with Gasteiger partial charge in [0.05, 0.1) is 13.0 Å². The molecule has 1 aliphatic rings. The Morgan fingerprint density at radius 3 is 2.95 bits per heavy atom. The molecular weight excluding hydrogens is 284 g/mol. The molecule has 1 aliphatic heterocycles. The van der Waals surface area contributed by atoms with Crippen LogP contribution in [0.3, 0.4) is 0 Å². The van der Waals surface area contributed by atoms with E-state index in [1.807, 2.05) is 12.1 Å². The van der Waals surface area contributed by atoms with Crippen LogP contribution in [0.2, 0.25) is 5.02 Å². The zero-order chi connectivity index (χ0) is 14.0. The molecule has 1 atom stereocenters. The summed E-state index contributed by atoms with van der Waals surface area (Å²) in [6, 6.07) is 5.40. The van der Waals surface area contributed by atoms with E-state index in [0.717, 1.165) is 24.2 Å². The molecule has 2 N–H and O–H groups in total. The van der Waals surface area contributed by atoms with E-state index in [9.17, 15) is 4.79 Å². The SMILES string of the molecule is COC(=O)C1CCN(c2cc(Cl)ccc2C(N)=S)C1. The number of nitrogens with zero attached hydrogens (tertiary/aromatic N) is 1. The Kier molecular flexibility index (Phi) is 4.27. The molecular formula is C13H15ClN2O2S. The summed E-state index contributed by atoms with van der Waals surface area (Å²) < 4.78 is 4.78. The maximum Gasteiger partial charge on any atom is 0.310 e. The van der Waals surface area contributed by atoms with Gasteiger partial charge in [0.2, 0.25) is 0 Å². The van der Waals surface area contributed by atoms with Gasteiger partial charge in [0.15, 0.2) is 0 Å². The van der Waals surface area contributed by atoms with Gasteiger partial charge < -0.3 is 15.4 Å². The van der Waals surface area contributed by atoms with Crippen molar-refractivity contribution in [1.82, 2.24) is 0 Å². The van der Waals surface area contributed by atoms with Crippen molar-refractivity contribution in [2.75, 3.05) is 25.1 Å². The lowest BCUT2D eigenvalue weighted by molar-refractivity contribution is -0.144. The maximum atomic E-state index is 11.6. The molecule has 1 unspecified atom stereocenters. The lowest BCUT2D eigenvalue weighted by Crippen LogP contribution is -2.26. The van der Waals surface area contributed by atoms with E-state index in [1.165, 1.54) is 7.11 Å². The van der Waals surface area contributed by atoms with Crippen molar-refractivity contribution < 1.29 is 9.53 Å². The van der Waals surface area contributed by atoms with Crippen LogP contribution in [0.5, 0.6) is 0 Å². The third-order valence-electron chi connectivity index (χ3n) is 3.29. The first kappa shape index (κ1) is 14.1. The predicted molar refractivity (Wildman–Crippen MR) is 79.7 cm³/mol. The van der Waals surface area contributed by atoms with E-state index in [2.05, 4.69) is 4.90 Å². The van der Waals surface area contributed by atoms with Crippen LogP contribution in [0.1, 0.15) is 12.0 Å². The number of nitrogens with two attached hydrogens (primary N) is 1. The van der Waals surface area contributed by atoms with Gasteiger partial charge in [-0.2, -0.15) is 0 Å². The standard InChI is InChI=1S/C13H15ClN2O2S/c1-18-13(17)8-4-5-16(7-8)11-6-9(14)2-3-10(11)12(15)19/h2-3,6,8H,4-5,7H2,1H3,(H2,15,19). The molecule has 2 rings (SSSR count). The fourth-order valence-electron chi connectivity index (χ4n) is 2.31. The summed E-state index contributed by atoms with van der Waals surface area (Å²) in [5.41, 5.74) is 7.39. The Labute approximate surface area is 122 Å². The molecule has 0 saturated carbocycles. The molecule has 0 aromatic heterocycles. The lowest BCUT2D eigenvalue weighted by atomic mass is 10.1. The fourth-order valence-corrected chi connectivity index (χ4v) is 2.65. The molecule has 0 bridgehead atoms. The fraction of sp³-hybridized carbons (Fsp3) is 0.385. The van der Waals surface area contributed by atoms with Gasteiger partial charge in [-0.3, -0.25) is 4.79 Å². The summed E-state index contributed by atoms with van der Waals surface area (Å²) >= 11 is 11.1. The number of esters is 1. The molecule has 0 amide bonds. The van der Waals surface area contributed by atoms with Crippen LogP contribution in [0.4, 0.5) is 5.69 Å². The summed E-state index contributed by atoms with van der Waals surface area (Å²) in [6.07, 6.45) is 0.760. The molecule has 1 aromatic rings. The summed E-state index contributed by atoms with van der Waals surface area (Å²) in [4.78, 5) is 13.9. The Bertz CT molecular complexity index is 521. The van der Waals surface area contributed by atoms with Crippen LogP contribution in [0.15, 0.2) is 18.2 Å². The molecule has 102 valence electrons. The van der Waals surface area contributed by atoms with E-state index in [1.54, 1.807) is 6.07 Å². The number of anilines is 1. The topological polar surface area (TPSA) is 55.6 Å². The molecule has 1 aromatic carbocycles. The number of carbonyl (C=O) groups excluding carboxylic acids is 1. The molecule has 1 heterocycles. The second kappa shape index (κ2) is 5.75. The Hall–Kier alpha value is -1.33. The predicted octanol–water partition coefficient (Wildman–Crippen LogP) is 1.97. The number of ether oxygens (including phenoxy) is 1. The monoisotopic (exact) mass is 298 g/mol. The second-order valence-corrected chi connectivity index (χ2v) is 5.36. The smallest absolute Gasteiger partial charge is 0.310 e. The highest BCUT2D eigenvalue weighted by Crippen LogP contribution is 2.30. The van der Waals surface area contributed by atoms with Crippen LogP contribution < -0.4 is 10.6 Å². The van der Waals surface area contributed by atoms with E-state index in [0.29, 0.717) is 16.6 Å². The number of thiocarbonyl (C=S) groups is 1. The van der Waals surface area contributed by atoms with Crippen LogP contribution in [0.25, 0.3) is 0 Å². The highest BCUT2D eigenvalue weighted by atomic mass is 35.5. The van der Waals surface area contributed by atoms with Crippen molar-refractivity contribution >= 4 is 40.5 Å². The normalized spacial score (nSPS) is 18.4. The summed E-state index contributed by atoms with van der Waals surface area (Å²) in [6.45, 7) is 1.36. The molecule has 19 heavy (non-hydrogen) atoms. The number of rotatable bonds is 3. The minimum Gasteiger partial charge on any atom is -0.469 e. The third-order valence-corrected chi connectivity index (χ3v) is 3.74. The Balaban J connectivity index is 2.26. The van der Waals surface area contributed by atoms with Gasteiger partial charge in [-0.15, -0.1) is 0 Å². The van der Waals surface area contributed by atoms with Crippen molar-refractivity contribution in [2.24, 2.45) is 11.7 Å². The quantitative estimate of drug-likeness (QED) is 0.683. The van der Waals surface area contributed by atoms with Crippen LogP contribution in [-0.2, 0) is 9.53 Å². The van der Waals surface area contributed by atoms with Gasteiger partial charge in [-0.05, 0) is 24.6 Å². The Morgan fingerprint density at radius 1 is 1.58 bits per heavy atom. The van der Waals surface area contributed by atoms with E-state index < -0.39 is 0 Å². The van der Waals surface area contributed by atoms with Crippen molar-refractivity contribution in [3.8, 4) is 0 Å². The van der Waals surface area contributed by atoms with Gasteiger partial charge in [-0.1, -0.05) is 23.8 Å². The first-order valence-corrected chi connectivity index (χ1v) is 6.73. The minimum absolute atomic E-state index is 0.108. The van der Waals surface area contributed by atoms with Crippen LogP contribution in [-0.4, -0.2) is 31.2 Å². The number of hydrogen-bond acceptors (Lipinski definition) is 4. The zero-order valence-electron chi connectivity index (χ0n) is 10.6. The lowest BCUT2D eigenvalue weighted by Gasteiger charge is -2.21. The minimum atomic E-state index is -0.179. The summed E-state index contributed by atoms with van der Waals surface area (Å²) in [7, 11) is 1.41. The van der Waals surface area contributed by atoms with Crippen molar-refractivity contribution in [2.45, 2.75) is 6.42 Å². The first-order chi connectivity index (χ1) is 9.02. The number of hydrogen-bond donors (Lipinski definition) is 1. The molecule has 1 saturated heterocycles. The van der Waals surface area contributed by atoms with Gasteiger partial charge in [0.1, 0.15) is 4.99 Å². The molecule has 0 spiro atoms. The average molecular weight is 299 g/mol. The van der Waals surface area contributed by atoms with Gasteiger partial charge >= 0.3 is 5.97 Å². The van der Waals surface area contributed by atoms with E-state index in [-0.39, 0.29) is 11.9 Å². The molecule has 6 heteroatoms. The number of carbonyl (C=O) groups is 1. The number of methoxy groups -OCH3 is 1. The van der Waals surface area contributed by atoms with Crippen molar-refractivity contribution in [1.29, 1.82) is 0 Å². The largest absolute Gasteiger partial charge is 0.469 e.